The Bertz CT molecular complexity index is 614. The Morgan fingerprint density at radius 3 is 2.68 bits per heavy atom. The lowest BCUT2D eigenvalue weighted by atomic mass is 10.2. The van der Waals surface area contributed by atoms with E-state index in [4.69, 9.17) is 0 Å². The van der Waals surface area contributed by atoms with Gasteiger partial charge in [-0.05, 0) is 50.1 Å². The summed E-state index contributed by atoms with van der Waals surface area (Å²) in [6, 6.07) is 5.69. The first-order valence-electron chi connectivity index (χ1n) is 5.09. The Morgan fingerprint density at radius 1 is 1.37 bits per heavy atom. The molecule has 0 bridgehead atoms. The molecule has 0 aliphatic carbocycles. The highest BCUT2D eigenvalue weighted by Gasteiger charge is 2.14. The van der Waals surface area contributed by atoms with E-state index in [0.29, 0.717) is 12.2 Å². The van der Waals surface area contributed by atoms with E-state index in [0.717, 1.165) is 19.2 Å². The van der Waals surface area contributed by atoms with Gasteiger partial charge in [-0.15, -0.1) is 11.3 Å². The summed E-state index contributed by atoms with van der Waals surface area (Å²) in [7, 11) is 0. The Labute approximate surface area is 129 Å². The average molecular weight is 410 g/mol. The molecule has 4 nitrogen and oxygen atoms in total. The van der Waals surface area contributed by atoms with Crippen molar-refractivity contribution in [3.8, 4) is 0 Å². The number of hydrogen-bond acceptors (Lipinski definition) is 4. The first-order valence-corrected chi connectivity index (χ1v) is 7.49. The highest BCUT2D eigenvalue weighted by atomic mass is 79.9. The molecule has 19 heavy (non-hydrogen) atoms. The van der Waals surface area contributed by atoms with Gasteiger partial charge in [0.25, 0.3) is 0 Å². The van der Waals surface area contributed by atoms with Crippen LogP contribution in [0.15, 0.2) is 32.5 Å². The third kappa shape index (κ3) is 3.52. The molecule has 1 aromatic carbocycles. The molecule has 2 aromatic rings. The van der Waals surface area contributed by atoms with E-state index in [-0.39, 0.29) is 0 Å². The molecule has 1 aromatic heterocycles. The first-order chi connectivity index (χ1) is 8.97. The molecule has 0 spiro atoms. The summed E-state index contributed by atoms with van der Waals surface area (Å²) in [6.45, 7) is 0.512. The summed E-state index contributed by atoms with van der Waals surface area (Å²) in [5.74, 6) is -0.836. The molecular weight excluding hydrogens is 403 g/mol. The second-order valence-electron chi connectivity index (χ2n) is 3.61. The fourth-order valence-electron chi connectivity index (χ4n) is 1.43. The van der Waals surface area contributed by atoms with Crippen LogP contribution in [0.25, 0.3) is 0 Å². The van der Waals surface area contributed by atoms with Gasteiger partial charge < -0.3 is 5.32 Å². The second-order valence-corrected chi connectivity index (χ2v) is 6.92. The van der Waals surface area contributed by atoms with E-state index in [9.17, 15) is 14.5 Å². The van der Waals surface area contributed by atoms with Crippen LogP contribution in [0.4, 0.5) is 15.8 Å². The molecule has 100 valence electrons. The van der Waals surface area contributed by atoms with E-state index in [1.54, 1.807) is 11.3 Å². The maximum absolute atomic E-state index is 13.2. The van der Waals surface area contributed by atoms with Gasteiger partial charge >= 0.3 is 5.69 Å². The Balaban J connectivity index is 2.11. The molecule has 0 fully saturated rings. The van der Waals surface area contributed by atoms with Gasteiger partial charge in [0, 0.05) is 27.6 Å². The number of hydrogen-bond donors (Lipinski definition) is 1. The predicted octanol–water partition coefficient (Wildman–Crippen LogP) is 4.93. The summed E-state index contributed by atoms with van der Waals surface area (Å²) in [5.41, 5.74) is -0.0210. The second kappa shape index (κ2) is 5.98. The summed E-state index contributed by atoms with van der Waals surface area (Å²) >= 11 is 8.31. The highest BCUT2D eigenvalue weighted by molar-refractivity contribution is 9.13. The van der Waals surface area contributed by atoms with Crippen LogP contribution < -0.4 is 5.32 Å². The zero-order chi connectivity index (χ0) is 14.0. The molecule has 0 radical (unpaired) electrons. The van der Waals surface area contributed by atoms with E-state index in [1.807, 2.05) is 6.07 Å². The van der Waals surface area contributed by atoms with Gasteiger partial charge in [-0.2, -0.15) is 4.39 Å². The van der Waals surface area contributed by atoms with Crippen molar-refractivity contribution in [2.75, 3.05) is 5.32 Å². The molecule has 1 N–H and O–H groups in total. The fourth-order valence-corrected chi connectivity index (χ4v) is 3.55. The number of anilines is 1. The molecular formula is C11H7Br2FN2O2S. The van der Waals surface area contributed by atoms with E-state index in [1.165, 1.54) is 12.1 Å². The largest absolute Gasteiger partial charge is 0.380 e. The molecule has 0 atom stereocenters. The monoisotopic (exact) mass is 408 g/mol. The molecule has 8 heteroatoms. The molecule has 0 saturated heterocycles. The van der Waals surface area contributed by atoms with Crippen molar-refractivity contribution in [1.29, 1.82) is 0 Å². The maximum atomic E-state index is 13.2. The zero-order valence-electron chi connectivity index (χ0n) is 9.32. The van der Waals surface area contributed by atoms with Crippen LogP contribution in [0.3, 0.4) is 0 Å². The molecule has 0 amide bonds. The Kier molecular flexibility index (Phi) is 4.54. The zero-order valence-corrected chi connectivity index (χ0v) is 13.3. The highest BCUT2D eigenvalue weighted by Crippen LogP contribution is 2.33. The van der Waals surface area contributed by atoms with E-state index < -0.39 is 16.4 Å². The predicted molar refractivity (Wildman–Crippen MR) is 80.1 cm³/mol. The molecule has 0 aliphatic heterocycles. The minimum atomic E-state index is -0.836. The minimum Gasteiger partial charge on any atom is -0.380 e. The van der Waals surface area contributed by atoms with Gasteiger partial charge in [-0.25, -0.2) is 0 Å². The SMILES string of the molecule is O=[N+]([O-])c1cc(NCc2cc(Br)c(Br)s2)ccc1F. The van der Waals surface area contributed by atoms with Crippen LogP contribution in [0.2, 0.25) is 0 Å². The van der Waals surface area contributed by atoms with Gasteiger partial charge in [0.15, 0.2) is 0 Å². The fraction of sp³-hybridized carbons (Fsp3) is 0.0909. The van der Waals surface area contributed by atoms with Gasteiger partial charge in [-0.3, -0.25) is 10.1 Å². The number of thiophene rings is 1. The van der Waals surface area contributed by atoms with Crippen molar-refractivity contribution in [2.45, 2.75) is 6.54 Å². The number of nitrogens with zero attached hydrogens (tertiary/aromatic N) is 1. The smallest absolute Gasteiger partial charge is 0.306 e. The van der Waals surface area contributed by atoms with Crippen molar-refractivity contribution in [2.24, 2.45) is 0 Å². The summed E-state index contributed by atoms with van der Waals surface area (Å²) in [5, 5.41) is 13.6. The number of halogens is 3. The molecule has 0 unspecified atom stereocenters. The molecule has 2 rings (SSSR count). The number of benzene rings is 1. The van der Waals surface area contributed by atoms with E-state index >= 15 is 0 Å². The van der Waals surface area contributed by atoms with E-state index in [2.05, 4.69) is 37.2 Å². The summed E-state index contributed by atoms with van der Waals surface area (Å²) in [4.78, 5) is 10.9. The topological polar surface area (TPSA) is 55.2 Å². The summed E-state index contributed by atoms with van der Waals surface area (Å²) < 4.78 is 15.1. The Hall–Kier alpha value is -0.990. The van der Waals surface area contributed by atoms with Crippen molar-refractivity contribution >= 4 is 54.6 Å². The number of nitro groups is 1. The van der Waals surface area contributed by atoms with Crippen LogP contribution in [-0.2, 0) is 6.54 Å². The molecule has 0 aliphatic rings. The van der Waals surface area contributed by atoms with Crippen LogP contribution in [0.1, 0.15) is 4.88 Å². The molecule has 1 heterocycles. The lowest BCUT2D eigenvalue weighted by Crippen LogP contribution is -1.99. The number of nitro benzene ring substituents is 1. The number of nitrogens with one attached hydrogen (secondary N) is 1. The quantitative estimate of drug-likeness (QED) is 0.575. The maximum Gasteiger partial charge on any atom is 0.306 e. The third-order valence-electron chi connectivity index (χ3n) is 2.31. The minimum absolute atomic E-state index is 0.508. The van der Waals surface area contributed by atoms with Crippen LogP contribution in [-0.4, -0.2) is 4.92 Å². The normalized spacial score (nSPS) is 10.5. The lowest BCUT2D eigenvalue weighted by molar-refractivity contribution is -0.387. The Morgan fingerprint density at radius 2 is 2.11 bits per heavy atom. The first kappa shape index (κ1) is 14.4. The van der Waals surface area contributed by atoms with Gasteiger partial charge in [0.1, 0.15) is 0 Å². The average Bonchev–Trinajstić information content (AvgIpc) is 2.67. The van der Waals surface area contributed by atoms with Crippen molar-refractivity contribution < 1.29 is 9.31 Å². The van der Waals surface area contributed by atoms with Gasteiger partial charge in [0.2, 0.25) is 5.82 Å². The van der Waals surface area contributed by atoms with Crippen LogP contribution in [0, 0.1) is 15.9 Å². The standard InChI is InChI=1S/C11H7Br2FN2O2S/c12-8-4-7(19-11(8)13)5-15-6-1-2-9(14)10(3-6)16(17)18/h1-4,15H,5H2. The van der Waals surface area contributed by atoms with Crippen molar-refractivity contribution in [3.05, 3.63) is 53.3 Å². The summed E-state index contributed by atoms with van der Waals surface area (Å²) in [6.07, 6.45) is 0. The van der Waals surface area contributed by atoms with Crippen molar-refractivity contribution in [1.82, 2.24) is 0 Å². The van der Waals surface area contributed by atoms with Crippen LogP contribution >= 0.6 is 43.2 Å². The van der Waals surface area contributed by atoms with Gasteiger partial charge in [0.05, 0.1) is 8.71 Å². The third-order valence-corrected chi connectivity index (χ3v) is 5.56. The molecule has 0 saturated carbocycles. The number of rotatable bonds is 4. The van der Waals surface area contributed by atoms with Crippen molar-refractivity contribution in [3.63, 3.8) is 0 Å². The van der Waals surface area contributed by atoms with Crippen LogP contribution in [0.5, 0.6) is 0 Å². The van der Waals surface area contributed by atoms with Gasteiger partial charge in [-0.1, -0.05) is 0 Å². The lowest BCUT2D eigenvalue weighted by Gasteiger charge is -2.04.